The quantitative estimate of drug-likeness (QED) is 0.251. The Balaban J connectivity index is 0.00000130. The largest absolute Gasteiger partial charge is 0.307 e. The van der Waals surface area contributed by atoms with Crippen molar-refractivity contribution in [2.45, 2.75) is 13.8 Å². The molecule has 0 unspecified atom stereocenters. The molecule has 0 N–H and O–H groups in total. The molecule has 0 aliphatic heterocycles. The molecule has 0 aliphatic carbocycles. The highest BCUT2D eigenvalue weighted by Gasteiger charge is 2.15. The van der Waals surface area contributed by atoms with Crippen LogP contribution in [0.15, 0.2) is 111 Å². The first-order chi connectivity index (χ1) is 19.9. The van der Waals surface area contributed by atoms with Gasteiger partial charge in [0.25, 0.3) is 0 Å². The monoisotopic (exact) mass is 520 g/mol. The Bertz CT molecular complexity index is 1900. The molecule has 8 aromatic heterocycles. The van der Waals surface area contributed by atoms with Crippen LogP contribution >= 0.6 is 0 Å². The van der Waals surface area contributed by atoms with Crippen LogP contribution in [-0.4, -0.2) is 39.0 Å². The summed E-state index contributed by atoms with van der Waals surface area (Å²) in [5.74, 6) is 0. The maximum atomic E-state index is 4.62. The molecule has 8 heteroatoms. The molecule has 8 rings (SSSR count). The second kappa shape index (κ2) is 9.67. The molecule has 0 amide bonds. The Hall–Kier alpha value is -5.50. The SMILES string of the molecule is CC.c1cc2c(cn1)c1cnccc1n2-c1cncc(-c2cncc(-n3c4ccncc4c4cnccc43)c2)c1. The predicted molar refractivity (Wildman–Crippen MR) is 159 cm³/mol. The van der Waals surface area contributed by atoms with Crippen molar-refractivity contribution in [1.82, 2.24) is 39.0 Å². The highest BCUT2D eigenvalue weighted by molar-refractivity contribution is 6.09. The lowest BCUT2D eigenvalue weighted by Gasteiger charge is -2.11. The highest BCUT2D eigenvalue weighted by Crippen LogP contribution is 2.34. The van der Waals surface area contributed by atoms with Crippen LogP contribution in [0.5, 0.6) is 0 Å². The van der Waals surface area contributed by atoms with Crippen LogP contribution < -0.4 is 0 Å². The molecule has 0 saturated heterocycles. The fourth-order valence-corrected chi connectivity index (χ4v) is 5.39. The molecule has 8 nitrogen and oxygen atoms in total. The van der Waals surface area contributed by atoms with Crippen LogP contribution in [0, 0.1) is 0 Å². The second-order valence-electron chi connectivity index (χ2n) is 9.11. The van der Waals surface area contributed by atoms with Gasteiger partial charge in [0.05, 0.1) is 45.8 Å². The van der Waals surface area contributed by atoms with Gasteiger partial charge in [0, 0.05) is 94.6 Å². The lowest BCUT2D eigenvalue weighted by Crippen LogP contribution is -1.98. The van der Waals surface area contributed by atoms with Gasteiger partial charge < -0.3 is 9.13 Å². The fraction of sp³-hybridized carbons (Fsp3) is 0.0625. The zero-order valence-corrected chi connectivity index (χ0v) is 22.0. The average molecular weight is 521 g/mol. The number of hydrogen-bond donors (Lipinski definition) is 0. The summed E-state index contributed by atoms with van der Waals surface area (Å²) in [5, 5.41) is 4.22. The van der Waals surface area contributed by atoms with E-state index in [0.717, 1.165) is 66.1 Å². The highest BCUT2D eigenvalue weighted by atomic mass is 15.0. The summed E-state index contributed by atoms with van der Waals surface area (Å²) in [6.07, 6.45) is 22.3. The number of nitrogens with zero attached hydrogens (tertiary/aromatic N) is 8. The summed E-state index contributed by atoms with van der Waals surface area (Å²) in [7, 11) is 0. The van der Waals surface area contributed by atoms with Gasteiger partial charge in [-0.25, -0.2) is 0 Å². The standard InChI is InChI=1S/C30H18N8.C2H6/c1-5-31-15-23-24-16-32-6-2-28(24)37(27(1)23)21-9-19(11-35-13-21)20-10-22(14-36-12-20)38-29-3-7-33-17-25(29)26-18-34-8-4-30(26)38;1-2/h1-18H;1-2H3. The van der Waals surface area contributed by atoms with Gasteiger partial charge in [0.1, 0.15) is 0 Å². The Morgan fingerprint density at radius 1 is 0.400 bits per heavy atom. The van der Waals surface area contributed by atoms with E-state index >= 15 is 0 Å². The van der Waals surface area contributed by atoms with Gasteiger partial charge in [-0.15, -0.1) is 0 Å². The van der Waals surface area contributed by atoms with Gasteiger partial charge >= 0.3 is 0 Å². The summed E-state index contributed by atoms with van der Waals surface area (Å²) in [5.41, 5.74) is 8.09. The normalized spacial score (nSPS) is 11.2. The molecule has 8 heterocycles. The summed E-state index contributed by atoms with van der Waals surface area (Å²) in [4.78, 5) is 26.6. The summed E-state index contributed by atoms with van der Waals surface area (Å²) in [6, 6.07) is 12.4. The van der Waals surface area contributed by atoms with Crippen molar-refractivity contribution in [3.63, 3.8) is 0 Å². The van der Waals surface area contributed by atoms with Crippen LogP contribution in [0.4, 0.5) is 0 Å². The molecule has 0 fully saturated rings. The van der Waals surface area contributed by atoms with Crippen molar-refractivity contribution in [2.24, 2.45) is 0 Å². The van der Waals surface area contributed by atoms with Crippen molar-refractivity contribution >= 4 is 43.6 Å². The van der Waals surface area contributed by atoms with E-state index in [0.29, 0.717) is 0 Å². The molecule has 0 saturated carbocycles. The Labute approximate surface area is 229 Å². The van der Waals surface area contributed by atoms with Crippen molar-refractivity contribution in [3.05, 3.63) is 111 Å². The first kappa shape index (κ1) is 23.6. The third kappa shape index (κ3) is 3.61. The van der Waals surface area contributed by atoms with Crippen molar-refractivity contribution < 1.29 is 0 Å². The van der Waals surface area contributed by atoms with Crippen LogP contribution in [0.3, 0.4) is 0 Å². The van der Waals surface area contributed by atoms with Crippen molar-refractivity contribution in [2.75, 3.05) is 0 Å². The van der Waals surface area contributed by atoms with Crippen LogP contribution in [0.25, 0.3) is 66.1 Å². The van der Waals surface area contributed by atoms with E-state index in [2.05, 4.69) is 51.2 Å². The van der Waals surface area contributed by atoms with E-state index in [-0.39, 0.29) is 0 Å². The molecule has 0 radical (unpaired) electrons. The number of rotatable bonds is 3. The number of hydrogen-bond acceptors (Lipinski definition) is 6. The van der Waals surface area contributed by atoms with E-state index in [4.69, 9.17) is 0 Å². The summed E-state index contributed by atoms with van der Waals surface area (Å²) < 4.78 is 4.41. The zero-order chi connectivity index (χ0) is 27.1. The summed E-state index contributed by atoms with van der Waals surface area (Å²) >= 11 is 0. The van der Waals surface area contributed by atoms with Crippen LogP contribution in [0.2, 0.25) is 0 Å². The van der Waals surface area contributed by atoms with E-state index in [1.54, 1.807) is 0 Å². The third-order valence-corrected chi connectivity index (χ3v) is 7.03. The Morgan fingerprint density at radius 3 is 1.05 bits per heavy atom. The topological polar surface area (TPSA) is 87.2 Å². The summed E-state index contributed by atoms with van der Waals surface area (Å²) in [6.45, 7) is 4.00. The lowest BCUT2D eigenvalue weighted by atomic mass is 10.1. The van der Waals surface area contributed by atoms with Crippen LogP contribution in [-0.2, 0) is 0 Å². The van der Waals surface area contributed by atoms with Gasteiger partial charge in [0.2, 0.25) is 0 Å². The smallest absolute Gasteiger partial charge is 0.0651 e. The maximum Gasteiger partial charge on any atom is 0.0651 e. The molecule has 0 aliphatic rings. The molecule has 0 spiro atoms. The lowest BCUT2D eigenvalue weighted by molar-refractivity contribution is 1.12. The zero-order valence-electron chi connectivity index (χ0n) is 22.0. The first-order valence-electron chi connectivity index (χ1n) is 13.1. The van der Waals surface area contributed by atoms with Gasteiger partial charge in [0.15, 0.2) is 0 Å². The molecule has 8 aromatic rings. The van der Waals surface area contributed by atoms with Gasteiger partial charge in [-0.05, 0) is 36.4 Å². The molecule has 0 aromatic carbocycles. The number of pyridine rings is 6. The van der Waals surface area contributed by atoms with Gasteiger partial charge in [-0.3, -0.25) is 29.9 Å². The minimum atomic E-state index is 0.958. The number of fused-ring (bicyclic) bond motifs is 6. The molecule has 0 bridgehead atoms. The number of aromatic nitrogens is 8. The van der Waals surface area contributed by atoms with Gasteiger partial charge in [-0.1, -0.05) is 13.8 Å². The Kier molecular flexibility index (Phi) is 5.70. The first-order valence-corrected chi connectivity index (χ1v) is 13.1. The molecule has 40 heavy (non-hydrogen) atoms. The average Bonchev–Trinajstić information content (AvgIpc) is 3.55. The second-order valence-corrected chi connectivity index (χ2v) is 9.11. The minimum Gasteiger partial charge on any atom is -0.307 e. The molecule has 192 valence electrons. The predicted octanol–water partition coefficient (Wildman–Crippen LogP) is 6.94. The molecular weight excluding hydrogens is 496 g/mol. The van der Waals surface area contributed by atoms with E-state index in [9.17, 15) is 0 Å². The van der Waals surface area contributed by atoms with E-state index < -0.39 is 0 Å². The van der Waals surface area contributed by atoms with Crippen LogP contribution in [0.1, 0.15) is 13.8 Å². The van der Waals surface area contributed by atoms with E-state index in [1.165, 1.54) is 0 Å². The Morgan fingerprint density at radius 2 is 0.725 bits per heavy atom. The molecular formula is C32H24N8. The van der Waals surface area contributed by atoms with E-state index in [1.807, 2.05) is 112 Å². The molecule has 0 atom stereocenters. The van der Waals surface area contributed by atoms with Gasteiger partial charge in [-0.2, -0.15) is 0 Å². The fourth-order valence-electron chi connectivity index (χ4n) is 5.39. The van der Waals surface area contributed by atoms with Crippen molar-refractivity contribution in [3.8, 4) is 22.5 Å². The maximum absolute atomic E-state index is 4.62. The third-order valence-electron chi connectivity index (χ3n) is 7.03. The van der Waals surface area contributed by atoms with Crippen molar-refractivity contribution in [1.29, 1.82) is 0 Å². The minimum absolute atomic E-state index is 0.958.